The van der Waals surface area contributed by atoms with E-state index >= 15 is 0 Å². The van der Waals surface area contributed by atoms with Crippen molar-refractivity contribution in [1.29, 1.82) is 0 Å². The Morgan fingerprint density at radius 2 is 1.74 bits per heavy atom. The minimum absolute atomic E-state index is 0.290. The number of benzene rings is 2. The summed E-state index contributed by atoms with van der Waals surface area (Å²) in [6, 6.07) is 19.0. The highest BCUT2D eigenvalue weighted by Gasteiger charge is 2.10. The van der Waals surface area contributed by atoms with E-state index in [2.05, 4.69) is 20.9 Å². The maximum absolute atomic E-state index is 11.2. The SMILES string of the molecule is O=C(O)c1ccc(CBr)c(-c2ccc(-c3ccccn3)cc2)c1. The van der Waals surface area contributed by atoms with Crippen LogP contribution in [0.2, 0.25) is 0 Å². The monoisotopic (exact) mass is 367 g/mol. The second kappa shape index (κ2) is 6.75. The van der Waals surface area contributed by atoms with Crippen molar-refractivity contribution in [2.45, 2.75) is 5.33 Å². The number of rotatable bonds is 4. The van der Waals surface area contributed by atoms with Gasteiger partial charge in [0.15, 0.2) is 0 Å². The molecule has 2 aromatic carbocycles. The molecule has 1 aromatic heterocycles. The molecule has 0 aliphatic carbocycles. The highest BCUT2D eigenvalue weighted by Crippen LogP contribution is 2.29. The van der Waals surface area contributed by atoms with Crippen molar-refractivity contribution in [3.05, 3.63) is 78.0 Å². The van der Waals surface area contributed by atoms with Crippen LogP contribution in [0.3, 0.4) is 0 Å². The summed E-state index contributed by atoms with van der Waals surface area (Å²) in [6.07, 6.45) is 1.77. The molecule has 0 saturated carbocycles. The number of hydrogen-bond acceptors (Lipinski definition) is 2. The second-order valence-electron chi connectivity index (χ2n) is 5.10. The van der Waals surface area contributed by atoms with Gasteiger partial charge in [0.1, 0.15) is 0 Å². The number of alkyl halides is 1. The van der Waals surface area contributed by atoms with Crippen LogP contribution in [-0.2, 0) is 5.33 Å². The summed E-state index contributed by atoms with van der Waals surface area (Å²) in [5.74, 6) is -0.919. The van der Waals surface area contributed by atoms with E-state index in [1.807, 2.05) is 48.5 Å². The first-order valence-electron chi connectivity index (χ1n) is 7.13. The van der Waals surface area contributed by atoms with E-state index in [0.29, 0.717) is 10.9 Å². The number of carbonyl (C=O) groups is 1. The van der Waals surface area contributed by atoms with Gasteiger partial charge < -0.3 is 5.11 Å². The van der Waals surface area contributed by atoms with Crippen molar-refractivity contribution in [3.8, 4) is 22.4 Å². The van der Waals surface area contributed by atoms with E-state index in [1.54, 1.807) is 18.3 Å². The minimum Gasteiger partial charge on any atom is -0.478 e. The summed E-state index contributed by atoms with van der Waals surface area (Å²) in [5, 5.41) is 9.86. The van der Waals surface area contributed by atoms with E-state index in [4.69, 9.17) is 0 Å². The van der Waals surface area contributed by atoms with E-state index in [-0.39, 0.29) is 0 Å². The summed E-state index contributed by atoms with van der Waals surface area (Å²) in [7, 11) is 0. The molecule has 0 bridgehead atoms. The molecule has 1 heterocycles. The Labute approximate surface area is 142 Å². The zero-order valence-electron chi connectivity index (χ0n) is 12.2. The summed E-state index contributed by atoms with van der Waals surface area (Å²) in [4.78, 5) is 15.5. The van der Waals surface area contributed by atoms with Gasteiger partial charge in [-0.25, -0.2) is 4.79 Å². The predicted octanol–water partition coefficient (Wildman–Crippen LogP) is 5.01. The van der Waals surface area contributed by atoms with Crippen molar-refractivity contribution >= 4 is 21.9 Å². The number of hydrogen-bond donors (Lipinski definition) is 1. The lowest BCUT2D eigenvalue weighted by atomic mass is 9.97. The van der Waals surface area contributed by atoms with Gasteiger partial charge in [-0.3, -0.25) is 4.98 Å². The lowest BCUT2D eigenvalue weighted by Gasteiger charge is -2.10. The van der Waals surface area contributed by atoms with E-state index in [0.717, 1.165) is 27.9 Å². The minimum atomic E-state index is -0.919. The van der Waals surface area contributed by atoms with Crippen LogP contribution in [0.25, 0.3) is 22.4 Å². The van der Waals surface area contributed by atoms with Crippen LogP contribution in [0.1, 0.15) is 15.9 Å². The molecule has 3 aromatic rings. The largest absolute Gasteiger partial charge is 0.478 e. The fraction of sp³-hybridized carbons (Fsp3) is 0.0526. The van der Waals surface area contributed by atoms with Crippen molar-refractivity contribution in [1.82, 2.24) is 4.98 Å². The average Bonchev–Trinajstić information content (AvgIpc) is 2.62. The molecule has 1 N–H and O–H groups in total. The van der Waals surface area contributed by atoms with Crippen molar-refractivity contribution in [2.75, 3.05) is 0 Å². The molecule has 0 spiro atoms. The maximum atomic E-state index is 11.2. The Morgan fingerprint density at radius 3 is 2.35 bits per heavy atom. The molecule has 0 atom stereocenters. The van der Waals surface area contributed by atoms with Crippen LogP contribution >= 0.6 is 15.9 Å². The van der Waals surface area contributed by atoms with Crippen LogP contribution in [-0.4, -0.2) is 16.1 Å². The number of nitrogens with zero attached hydrogens (tertiary/aromatic N) is 1. The third-order valence-electron chi connectivity index (χ3n) is 3.66. The summed E-state index contributed by atoms with van der Waals surface area (Å²) in [6.45, 7) is 0. The van der Waals surface area contributed by atoms with Gasteiger partial charge in [0.25, 0.3) is 0 Å². The molecule has 3 nitrogen and oxygen atoms in total. The van der Waals surface area contributed by atoms with Gasteiger partial charge in [0.2, 0.25) is 0 Å². The maximum Gasteiger partial charge on any atom is 0.335 e. The van der Waals surface area contributed by atoms with Crippen molar-refractivity contribution in [3.63, 3.8) is 0 Å². The zero-order valence-corrected chi connectivity index (χ0v) is 13.8. The summed E-state index contributed by atoms with van der Waals surface area (Å²) < 4.78 is 0. The molecule has 3 rings (SSSR count). The first kappa shape index (κ1) is 15.4. The van der Waals surface area contributed by atoms with Crippen LogP contribution in [0.4, 0.5) is 0 Å². The standard InChI is InChI=1S/C19H14BrNO2/c20-12-16-9-8-15(19(22)23)11-17(16)13-4-6-14(7-5-13)18-3-1-2-10-21-18/h1-11H,12H2,(H,22,23). The first-order chi connectivity index (χ1) is 11.2. The second-order valence-corrected chi connectivity index (χ2v) is 5.66. The number of aromatic carboxylic acids is 1. The molecule has 0 radical (unpaired) electrons. The van der Waals surface area contributed by atoms with Gasteiger partial charge >= 0.3 is 5.97 Å². The average molecular weight is 368 g/mol. The van der Waals surface area contributed by atoms with Crippen LogP contribution in [0, 0.1) is 0 Å². The predicted molar refractivity (Wildman–Crippen MR) is 94.7 cm³/mol. The van der Waals surface area contributed by atoms with Gasteiger partial charge in [-0.1, -0.05) is 52.3 Å². The van der Waals surface area contributed by atoms with Crippen LogP contribution in [0.15, 0.2) is 66.9 Å². The Morgan fingerprint density at radius 1 is 1.00 bits per heavy atom. The lowest BCUT2D eigenvalue weighted by Crippen LogP contribution is -1.98. The highest BCUT2D eigenvalue weighted by atomic mass is 79.9. The number of carboxylic acid groups (broad SMARTS) is 1. The Balaban J connectivity index is 2.02. The Bertz CT molecular complexity index is 830. The molecule has 114 valence electrons. The summed E-state index contributed by atoms with van der Waals surface area (Å²) in [5.41, 5.74) is 5.21. The first-order valence-corrected chi connectivity index (χ1v) is 8.25. The third-order valence-corrected chi connectivity index (χ3v) is 4.26. The molecule has 0 fully saturated rings. The van der Waals surface area contributed by atoms with Crippen LogP contribution < -0.4 is 0 Å². The fourth-order valence-electron chi connectivity index (χ4n) is 2.45. The smallest absolute Gasteiger partial charge is 0.335 e. The Hall–Kier alpha value is -2.46. The van der Waals surface area contributed by atoms with E-state index < -0.39 is 5.97 Å². The van der Waals surface area contributed by atoms with Gasteiger partial charge in [0, 0.05) is 17.1 Å². The molecular weight excluding hydrogens is 354 g/mol. The van der Waals surface area contributed by atoms with Gasteiger partial charge in [-0.2, -0.15) is 0 Å². The number of pyridine rings is 1. The number of halogens is 1. The molecule has 0 saturated heterocycles. The molecule has 0 aliphatic rings. The molecular formula is C19H14BrNO2. The van der Waals surface area contributed by atoms with E-state index in [9.17, 15) is 9.90 Å². The topological polar surface area (TPSA) is 50.2 Å². The molecule has 0 amide bonds. The summed E-state index contributed by atoms with van der Waals surface area (Å²) >= 11 is 3.46. The van der Waals surface area contributed by atoms with E-state index in [1.165, 1.54) is 0 Å². The molecule has 4 heteroatoms. The third kappa shape index (κ3) is 3.32. The quantitative estimate of drug-likeness (QED) is 0.659. The fourth-order valence-corrected chi connectivity index (χ4v) is 2.94. The number of carboxylic acids is 1. The van der Waals surface area contributed by atoms with Crippen molar-refractivity contribution in [2.24, 2.45) is 0 Å². The van der Waals surface area contributed by atoms with Gasteiger partial charge in [-0.05, 0) is 41.0 Å². The Kier molecular flexibility index (Phi) is 4.53. The van der Waals surface area contributed by atoms with Crippen molar-refractivity contribution < 1.29 is 9.90 Å². The highest BCUT2D eigenvalue weighted by molar-refractivity contribution is 9.08. The molecule has 0 unspecified atom stereocenters. The zero-order chi connectivity index (χ0) is 16.2. The van der Waals surface area contributed by atoms with Gasteiger partial charge in [-0.15, -0.1) is 0 Å². The normalized spacial score (nSPS) is 10.5. The van der Waals surface area contributed by atoms with Gasteiger partial charge in [0.05, 0.1) is 11.3 Å². The number of aromatic nitrogens is 1. The molecule has 0 aliphatic heterocycles. The van der Waals surface area contributed by atoms with Crippen LogP contribution in [0.5, 0.6) is 0 Å². The molecule has 23 heavy (non-hydrogen) atoms. The lowest BCUT2D eigenvalue weighted by molar-refractivity contribution is 0.0697.